The molecule has 0 spiro atoms. The molecule has 10 nitrogen and oxygen atoms in total. The summed E-state index contributed by atoms with van der Waals surface area (Å²) in [5.41, 5.74) is 0. The third kappa shape index (κ3) is 7.68. The Labute approximate surface area is 139 Å². The molecule has 3 amide bonds. The third-order valence-electron chi connectivity index (χ3n) is 3.19. The molecule has 0 aromatic heterocycles. The molecule has 0 radical (unpaired) electrons. The maximum atomic E-state index is 12.1. The number of hydroxylamine groups is 2. The smallest absolute Gasteiger partial charge is 0.416 e. The lowest BCUT2D eigenvalue weighted by Gasteiger charge is -2.19. The monoisotopic (exact) mass is 345 g/mol. The van der Waals surface area contributed by atoms with Crippen molar-refractivity contribution >= 4 is 18.4 Å². The third-order valence-corrected chi connectivity index (χ3v) is 3.19. The molecule has 1 rings (SSSR count). The number of carbonyl (C=O) groups is 3. The van der Waals surface area contributed by atoms with Crippen molar-refractivity contribution in [3.8, 4) is 0 Å². The van der Waals surface area contributed by atoms with Crippen molar-refractivity contribution in [1.82, 2.24) is 15.7 Å². The van der Waals surface area contributed by atoms with E-state index in [9.17, 15) is 19.6 Å². The maximum absolute atomic E-state index is 12.1. The van der Waals surface area contributed by atoms with E-state index >= 15 is 0 Å². The lowest BCUT2D eigenvalue weighted by molar-refractivity contribution is -0.154. The van der Waals surface area contributed by atoms with E-state index < -0.39 is 12.0 Å². The first-order chi connectivity index (χ1) is 11.6. The minimum atomic E-state index is -0.814. The molecule has 0 bridgehead atoms. The van der Waals surface area contributed by atoms with Crippen LogP contribution in [0.1, 0.15) is 32.6 Å². The summed E-state index contributed by atoms with van der Waals surface area (Å²) >= 11 is 0. The van der Waals surface area contributed by atoms with Gasteiger partial charge in [-0.25, -0.2) is 9.86 Å². The zero-order valence-electron chi connectivity index (χ0n) is 13.5. The Kier molecular flexibility index (Phi) is 9.05. The molecular weight excluding hydrogens is 322 g/mol. The number of carbonyl (C=O) groups excluding carboxylic acids is 3. The number of hydrogen-bond acceptors (Lipinski definition) is 7. The Morgan fingerprint density at radius 3 is 2.88 bits per heavy atom. The van der Waals surface area contributed by atoms with Crippen LogP contribution in [0.4, 0.5) is 4.79 Å². The van der Waals surface area contributed by atoms with Crippen molar-refractivity contribution in [2.45, 2.75) is 32.6 Å². The van der Waals surface area contributed by atoms with Gasteiger partial charge in [-0.15, -0.1) is 0 Å². The first-order valence-electron chi connectivity index (χ1n) is 7.65. The van der Waals surface area contributed by atoms with Crippen molar-refractivity contribution < 1.29 is 33.8 Å². The van der Waals surface area contributed by atoms with Crippen LogP contribution >= 0.6 is 0 Å². The molecule has 0 aromatic rings. The molecule has 3 N–H and O–H groups in total. The first kappa shape index (κ1) is 19.6. The Balaban J connectivity index is 2.33. The summed E-state index contributed by atoms with van der Waals surface area (Å²) < 4.78 is 14.2. The summed E-state index contributed by atoms with van der Waals surface area (Å²) in [4.78, 5) is 34.0. The number of nitrogens with zero attached hydrogens (tertiary/aromatic N) is 1. The van der Waals surface area contributed by atoms with Gasteiger partial charge in [-0.3, -0.25) is 14.8 Å². The highest BCUT2D eigenvalue weighted by molar-refractivity contribution is 5.79. The number of hydrogen-bond donors (Lipinski definition) is 3. The van der Waals surface area contributed by atoms with E-state index in [0.717, 1.165) is 25.5 Å². The Morgan fingerprint density at radius 2 is 2.25 bits per heavy atom. The number of nitrogens with one attached hydrogen (secondary N) is 2. The molecule has 0 fully saturated rings. The minimum Gasteiger partial charge on any atom is -0.458 e. The highest BCUT2D eigenvalue weighted by Crippen LogP contribution is 2.11. The lowest BCUT2D eigenvalue weighted by atomic mass is 10.0. The molecule has 1 aliphatic heterocycles. The number of unbranched alkanes of at least 4 members (excludes halogenated alkanes) is 2. The lowest BCUT2D eigenvalue weighted by Crippen LogP contribution is -2.43. The summed E-state index contributed by atoms with van der Waals surface area (Å²) in [6.07, 6.45) is 3.82. The highest BCUT2D eigenvalue weighted by Gasteiger charge is 2.20. The fraction of sp³-hybridized carbons (Fsp3) is 0.643. The average Bonchev–Trinajstić information content (AvgIpc) is 3.06. The summed E-state index contributed by atoms with van der Waals surface area (Å²) in [5, 5.41) is 14.5. The second-order valence-corrected chi connectivity index (χ2v) is 5.07. The fourth-order valence-corrected chi connectivity index (χ4v) is 1.97. The van der Waals surface area contributed by atoms with Gasteiger partial charge in [0, 0.05) is 0 Å². The van der Waals surface area contributed by atoms with E-state index in [1.807, 2.05) is 6.92 Å². The van der Waals surface area contributed by atoms with Crippen LogP contribution in [0.25, 0.3) is 0 Å². The van der Waals surface area contributed by atoms with Crippen molar-refractivity contribution in [3.05, 3.63) is 12.2 Å². The van der Waals surface area contributed by atoms with Crippen LogP contribution in [0.3, 0.4) is 0 Å². The van der Waals surface area contributed by atoms with Crippen LogP contribution in [0.2, 0.25) is 0 Å². The van der Waals surface area contributed by atoms with Crippen LogP contribution < -0.4 is 10.6 Å². The van der Waals surface area contributed by atoms with Gasteiger partial charge in [0.2, 0.25) is 19.1 Å². The molecule has 136 valence electrons. The van der Waals surface area contributed by atoms with E-state index in [4.69, 9.17) is 14.2 Å². The van der Waals surface area contributed by atoms with Crippen molar-refractivity contribution in [1.29, 1.82) is 0 Å². The Bertz CT molecular complexity index is 456. The number of alkyl carbamates (subject to hydrolysis) is 1. The SMILES string of the molecule is CCCCC[C@H](CN(O)C=O)C(=O)NCNC(=O)OC1=COCO1. The van der Waals surface area contributed by atoms with Gasteiger partial charge in [-0.1, -0.05) is 26.2 Å². The number of rotatable bonds is 11. The Hall–Kier alpha value is -2.49. The molecule has 10 heteroatoms. The van der Waals surface area contributed by atoms with Crippen LogP contribution in [-0.2, 0) is 23.8 Å². The molecule has 0 saturated carbocycles. The fourth-order valence-electron chi connectivity index (χ4n) is 1.97. The summed E-state index contributed by atoms with van der Waals surface area (Å²) in [5.74, 6) is -1.02. The highest BCUT2D eigenvalue weighted by atomic mass is 16.8. The molecule has 24 heavy (non-hydrogen) atoms. The van der Waals surface area contributed by atoms with Crippen LogP contribution in [-0.4, -0.2) is 48.7 Å². The van der Waals surface area contributed by atoms with Gasteiger partial charge in [0.05, 0.1) is 19.1 Å². The topological polar surface area (TPSA) is 126 Å². The average molecular weight is 345 g/mol. The summed E-state index contributed by atoms with van der Waals surface area (Å²) in [6, 6.07) is 0. The van der Waals surface area contributed by atoms with Gasteiger partial charge in [0.25, 0.3) is 0 Å². The molecule has 0 aliphatic carbocycles. The van der Waals surface area contributed by atoms with Crippen molar-refractivity contribution in [2.24, 2.45) is 5.92 Å². The molecular formula is C14H23N3O7. The number of ether oxygens (including phenoxy) is 3. The maximum Gasteiger partial charge on any atom is 0.416 e. The van der Waals surface area contributed by atoms with E-state index in [1.165, 1.54) is 0 Å². The van der Waals surface area contributed by atoms with Gasteiger partial charge < -0.3 is 24.8 Å². The van der Waals surface area contributed by atoms with Gasteiger partial charge in [-0.2, -0.15) is 0 Å². The van der Waals surface area contributed by atoms with E-state index in [-0.39, 0.29) is 38.3 Å². The quantitative estimate of drug-likeness (QED) is 0.165. The van der Waals surface area contributed by atoms with Crippen LogP contribution in [0.15, 0.2) is 12.2 Å². The minimum absolute atomic E-state index is 0.0207. The zero-order chi connectivity index (χ0) is 17.8. The van der Waals surface area contributed by atoms with Gasteiger partial charge in [0.15, 0.2) is 6.26 Å². The van der Waals surface area contributed by atoms with Crippen molar-refractivity contribution in [2.75, 3.05) is 20.0 Å². The zero-order valence-corrected chi connectivity index (χ0v) is 13.5. The van der Waals surface area contributed by atoms with Gasteiger partial charge in [-0.05, 0) is 6.42 Å². The second kappa shape index (κ2) is 11.1. The van der Waals surface area contributed by atoms with E-state index in [2.05, 4.69) is 10.6 Å². The predicted octanol–water partition coefficient (Wildman–Crippen LogP) is 0.634. The standard InChI is InChI=1S/C14H23N3O7/c1-2-3-4-5-11(6-17(21)9-18)13(19)15-8-16-14(20)24-12-7-22-10-23-12/h7,9,11,21H,2-6,8,10H2,1H3,(H,15,19)(H,16,20)/t11-/m1/s1. The predicted molar refractivity (Wildman–Crippen MR) is 79.9 cm³/mol. The normalized spacial score (nSPS) is 13.8. The molecule has 1 atom stereocenters. The molecule has 1 aliphatic rings. The largest absolute Gasteiger partial charge is 0.458 e. The summed E-state index contributed by atoms with van der Waals surface area (Å²) in [7, 11) is 0. The Morgan fingerprint density at radius 1 is 1.46 bits per heavy atom. The van der Waals surface area contributed by atoms with Crippen LogP contribution in [0, 0.1) is 5.92 Å². The molecule has 0 saturated heterocycles. The second-order valence-electron chi connectivity index (χ2n) is 5.07. The number of amides is 3. The molecule has 1 heterocycles. The van der Waals surface area contributed by atoms with Crippen molar-refractivity contribution in [3.63, 3.8) is 0 Å². The van der Waals surface area contributed by atoms with E-state index in [0.29, 0.717) is 11.5 Å². The summed E-state index contributed by atoms with van der Waals surface area (Å²) in [6.45, 7) is 1.74. The van der Waals surface area contributed by atoms with E-state index in [1.54, 1.807) is 0 Å². The molecule has 0 aromatic carbocycles. The van der Waals surface area contributed by atoms with Gasteiger partial charge >= 0.3 is 12.0 Å². The first-order valence-corrected chi connectivity index (χ1v) is 7.65. The molecule has 0 unspecified atom stereocenters. The van der Waals surface area contributed by atoms with Crippen LogP contribution in [0.5, 0.6) is 0 Å². The van der Waals surface area contributed by atoms with Gasteiger partial charge in [0.1, 0.15) is 0 Å².